The monoisotopic (exact) mass is 143 g/mol. The van der Waals surface area contributed by atoms with Crippen molar-refractivity contribution < 1.29 is 9.94 Å². The highest BCUT2D eigenvalue weighted by molar-refractivity contribution is 5.81. The van der Waals surface area contributed by atoms with Crippen molar-refractivity contribution in [2.45, 2.75) is 19.8 Å². The van der Waals surface area contributed by atoms with E-state index in [1.807, 2.05) is 0 Å². The highest BCUT2D eigenvalue weighted by atomic mass is 16.5. The quantitative estimate of drug-likeness (QED) is 0.209. The average Bonchev–Trinajstić information content (AvgIpc) is 1.98. The van der Waals surface area contributed by atoms with E-state index in [9.17, 15) is 0 Å². The molecule has 0 fully saturated rings. The van der Waals surface area contributed by atoms with Gasteiger partial charge in [0.15, 0.2) is 0 Å². The Kier molecular flexibility index (Phi) is 5.53. The maximum atomic E-state index is 8.22. The summed E-state index contributed by atoms with van der Waals surface area (Å²) in [5, 5.41) is 11.2. The van der Waals surface area contributed by atoms with Crippen LogP contribution in [-0.4, -0.2) is 17.5 Å². The minimum absolute atomic E-state index is 0.635. The Morgan fingerprint density at radius 2 is 2.50 bits per heavy atom. The van der Waals surface area contributed by atoms with Gasteiger partial charge in [0, 0.05) is 0 Å². The Morgan fingerprint density at radius 1 is 1.80 bits per heavy atom. The van der Waals surface area contributed by atoms with Crippen LogP contribution in [0.3, 0.4) is 0 Å². The Bertz CT molecular complexity index is 121. The zero-order valence-corrected chi connectivity index (χ0v) is 6.21. The molecule has 0 bridgehead atoms. The number of hydrogen-bond donors (Lipinski definition) is 1. The molecule has 0 aliphatic heterocycles. The summed E-state index contributed by atoms with van der Waals surface area (Å²) in [5.41, 5.74) is 0.729. The van der Waals surface area contributed by atoms with Crippen molar-refractivity contribution in [2.24, 2.45) is 5.16 Å². The van der Waals surface area contributed by atoms with E-state index < -0.39 is 0 Å². The summed E-state index contributed by atoms with van der Waals surface area (Å²) in [6, 6.07) is 0. The summed E-state index contributed by atoms with van der Waals surface area (Å²) in [7, 11) is 0. The lowest BCUT2D eigenvalue weighted by atomic mass is 10.2. The Balaban J connectivity index is 3.11. The molecule has 0 radical (unpaired) electrons. The molecule has 0 heterocycles. The number of oxime groups is 1. The summed E-state index contributed by atoms with van der Waals surface area (Å²) in [5.74, 6) is 0. The van der Waals surface area contributed by atoms with Gasteiger partial charge in [-0.3, -0.25) is 0 Å². The first-order valence-electron chi connectivity index (χ1n) is 3.21. The molecule has 10 heavy (non-hydrogen) atoms. The lowest BCUT2D eigenvalue weighted by Crippen LogP contribution is -1.94. The minimum atomic E-state index is 0.635. The van der Waals surface area contributed by atoms with Crippen LogP contribution in [-0.2, 0) is 4.74 Å². The number of nitrogens with zero attached hydrogens (tertiary/aromatic N) is 1. The van der Waals surface area contributed by atoms with Crippen LogP contribution in [0.1, 0.15) is 19.8 Å². The number of rotatable bonds is 5. The van der Waals surface area contributed by atoms with Gasteiger partial charge >= 0.3 is 0 Å². The number of hydrogen-bond acceptors (Lipinski definition) is 3. The highest BCUT2D eigenvalue weighted by Crippen LogP contribution is 1.92. The third-order valence-electron chi connectivity index (χ3n) is 1.09. The van der Waals surface area contributed by atoms with Gasteiger partial charge < -0.3 is 9.94 Å². The van der Waals surface area contributed by atoms with Crippen LogP contribution >= 0.6 is 0 Å². The fourth-order valence-electron chi connectivity index (χ4n) is 0.545. The second-order valence-corrected chi connectivity index (χ2v) is 1.98. The van der Waals surface area contributed by atoms with Gasteiger partial charge in [0.1, 0.15) is 0 Å². The lowest BCUT2D eigenvalue weighted by molar-refractivity contribution is 0.247. The van der Waals surface area contributed by atoms with Gasteiger partial charge in [0.05, 0.1) is 18.6 Å². The second kappa shape index (κ2) is 6.13. The molecule has 3 nitrogen and oxygen atoms in total. The van der Waals surface area contributed by atoms with E-state index in [0.717, 1.165) is 18.6 Å². The van der Waals surface area contributed by atoms with E-state index in [0.29, 0.717) is 6.61 Å². The van der Waals surface area contributed by atoms with Crippen LogP contribution in [0.15, 0.2) is 18.0 Å². The summed E-state index contributed by atoms with van der Waals surface area (Å²) in [6.45, 7) is 5.80. The average molecular weight is 143 g/mol. The van der Waals surface area contributed by atoms with Crippen LogP contribution in [0, 0.1) is 0 Å². The van der Waals surface area contributed by atoms with Gasteiger partial charge in [-0.15, -0.1) is 0 Å². The predicted octanol–water partition coefficient (Wildman–Crippen LogP) is 1.78. The van der Waals surface area contributed by atoms with Gasteiger partial charge in [-0.1, -0.05) is 11.7 Å². The normalized spacial score (nSPS) is 11.1. The van der Waals surface area contributed by atoms with Gasteiger partial charge in [0.25, 0.3) is 0 Å². The third kappa shape index (κ3) is 5.15. The smallest absolute Gasteiger partial charge is 0.0876 e. The van der Waals surface area contributed by atoms with E-state index in [1.54, 1.807) is 6.92 Å². The maximum Gasteiger partial charge on any atom is 0.0876 e. The van der Waals surface area contributed by atoms with Crippen LogP contribution in [0.25, 0.3) is 0 Å². The molecule has 0 aromatic heterocycles. The molecule has 0 aliphatic rings. The second-order valence-electron chi connectivity index (χ2n) is 1.98. The van der Waals surface area contributed by atoms with Crippen molar-refractivity contribution in [3.63, 3.8) is 0 Å². The highest BCUT2D eigenvalue weighted by Gasteiger charge is 1.90. The fraction of sp³-hybridized carbons (Fsp3) is 0.571. The van der Waals surface area contributed by atoms with Crippen molar-refractivity contribution in [3.05, 3.63) is 12.8 Å². The molecule has 0 amide bonds. The Hall–Kier alpha value is -0.990. The molecule has 0 aromatic rings. The minimum Gasteiger partial charge on any atom is -0.502 e. The SMILES string of the molecule is C=COCCCC(C)=NO. The molecule has 1 N–H and O–H groups in total. The topological polar surface area (TPSA) is 41.8 Å². The fourth-order valence-corrected chi connectivity index (χ4v) is 0.545. The molecular weight excluding hydrogens is 130 g/mol. The lowest BCUT2D eigenvalue weighted by Gasteiger charge is -1.98. The molecule has 0 rings (SSSR count). The third-order valence-corrected chi connectivity index (χ3v) is 1.09. The van der Waals surface area contributed by atoms with Crippen molar-refractivity contribution in [3.8, 4) is 0 Å². The zero-order chi connectivity index (χ0) is 7.82. The summed E-state index contributed by atoms with van der Waals surface area (Å²) >= 11 is 0. The molecule has 0 spiro atoms. The van der Waals surface area contributed by atoms with Crippen LogP contribution in [0.5, 0.6) is 0 Å². The molecule has 0 saturated heterocycles. The van der Waals surface area contributed by atoms with E-state index in [1.165, 1.54) is 6.26 Å². The first kappa shape index (κ1) is 9.01. The van der Waals surface area contributed by atoms with Gasteiger partial charge in [-0.2, -0.15) is 0 Å². The van der Waals surface area contributed by atoms with Crippen molar-refractivity contribution in [1.82, 2.24) is 0 Å². The van der Waals surface area contributed by atoms with Crippen molar-refractivity contribution >= 4 is 5.71 Å². The van der Waals surface area contributed by atoms with Gasteiger partial charge in [-0.05, 0) is 19.8 Å². The van der Waals surface area contributed by atoms with Crippen molar-refractivity contribution in [2.75, 3.05) is 6.61 Å². The molecule has 0 unspecified atom stereocenters. The van der Waals surface area contributed by atoms with Crippen molar-refractivity contribution in [1.29, 1.82) is 0 Å². The molecule has 0 saturated carbocycles. The molecule has 0 aliphatic carbocycles. The van der Waals surface area contributed by atoms with Crippen LogP contribution in [0.4, 0.5) is 0 Å². The molecule has 0 aromatic carbocycles. The maximum absolute atomic E-state index is 8.22. The summed E-state index contributed by atoms with van der Waals surface area (Å²) in [4.78, 5) is 0. The Labute approximate surface area is 61.0 Å². The number of ether oxygens (including phenoxy) is 1. The van der Waals surface area contributed by atoms with E-state index in [4.69, 9.17) is 9.94 Å². The first-order valence-corrected chi connectivity index (χ1v) is 3.21. The Morgan fingerprint density at radius 3 is 3.00 bits per heavy atom. The molecular formula is C7H13NO2. The standard InChI is InChI=1S/C7H13NO2/c1-3-10-6-4-5-7(2)8-9/h3,9H,1,4-6H2,2H3. The summed E-state index contributed by atoms with van der Waals surface area (Å²) in [6.07, 6.45) is 3.04. The van der Waals surface area contributed by atoms with Gasteiger partial charge in [0.2, 0.25) is 0 Å². The van der Waals surface area contributed by atoms with Crippen LogP contribution < -0.4 is 0 Å². The summed E-state index contributed by atoms with van der Waals surface area (Å²) < 4.78 is 4.86. The molecule has 0 atom stereocenters. The first-order chi connectivity index (χ1) is 4.81. The largest absolute Gasteiger partial charge is 0.502 e. The predicted molar refractivity (Wildman–Crippen MR) is 40.3 cm³/mol. The molecule has 58 valence electrons. The van der Waals surface area contributed by atoms with Crippen LogP contribution in [0.2, 0.25) is 0 Å². The van der Waals surface area contributed by atoms with E-state index >= 15 is 0 Å². The van der Waals surface area contributed by atoms with E-state index in [-0.39, 0.29) is 0 Å². The van der Waals surface area contributed by atoms with Gasteiger partial charge in [-0.25, -0.2) is 0 Å². The molecule has 3 heteroatoms. The zero-order valence-electron chi connectivity index (χ0n) is 6.21. The van der Waals surface area contributed by atoms with E-state index in [2.05, 4.69) is 11.7 Å².